The quantitative estimate of drug-likeness (QED) is 0.0346. The van der Waals surface area contributed by atoms with Crippen LogP contribution >= 0.6 is 0 Å². The molecule has 0 aromatic carbocycles. The monoisotopic (exact) mass is 830 g/mol. The Hall–Kier alpha value is -1.79. The van der Waals surface area contributed by atoms with Gasteiger partial charge in [-0.3, -0.25) is 4.79 Å². The molecule has 9 N–H and O–H groups in total. The summed E-state index contributed by atoms with van der Waals surface area (Å²) in [5, 5.41) is 86.2. The number of nitrogens with one attached hydrogen (secondary N) is 1. The summed E-state index contributed by atoms with van der Waals surface area (Å²) in [4.78, 5) is 13.1. The molecule has 58 heavy (non-hydrogen) atoms. The Bertz CT molecular complexity index is 1120. The Morgan fingerprint density at radius 3 is 1.76 bits per heavy atom. The van der Waals surface area contributed by atoms with Gasteiger partial charge in [-0.2, -0.15) is 0 Å². The van der Waals surface area contributed by atoms with E-state index in [-0.39, 0.29) is 18.9 Å². The van der Waals surface area contributed by atoms with E-state index in [1.807, 2.05) is 6.08 Å². The molecular formula is C44H79NO13. The molecule has 14 heteroatoms. The van der Waals surface area contributed by atoms with E-state index >= 15 is 0 Å². The van der Waals surface area contributed by atoms with Gasteiger partial charge in [0.2, 0.25) is 5.91 Å². The van der Waals surface area contributed by atoms with Crippen LogP contribution in [0.1, 0.15) is 142 Å². The van der Waals surface area contributed by atoms with Gasteiger partial charge in [-0.05, 0) is 51.4 Å². The first-order chi connectivity index (χ1) is 28.1. The highest BCUT2D eigenvalue weighted by molar-refractivity contribution is 5.76. The van der Waals surface area contributed by atoms with Gasteiger partial charge in [-0.15, -0.1) is 0 Å². The third-order valence-corrected chi connectivity index (χ3v) is 10.8. The second-order valence-electron chi connectivity index (χ2n) is 15.8. The van der Waals surface area contributed by atoms with Crippen LogP contribution in [-0.2, 0) is 23.7 Å². The van der Waals surface area contributed by atoms with Crippen molar-refractivity contribution in [1.82, 2.24) is 5.32 Å². The van der Waals surface area contributed by atoms with Crippen LogP contribution < -0.4 is 5.32 Å². The van der Waals surface area contributed by atoms with E-state index in [0.29, 0.717) is 6.42 Å². The van der Waals surface area contributed by atoms with Gasteiger partial charge < -0.3 is 65.1 Å². The van der Waals surface area contributed by atoms with Crippen molar-refractivity contribution in [2.75, 3.05) is 19.8 Å². The maximum absolute atomic E-state index is 13.1. The van der Waals surface area contributed by atoms with Gasteiger partial charge in [0.05, 0.1) is 32.0 Å². The Kier molecular flexibility index (Phi) is 28.9. The van der Waals surface area contributed by atoms with E-state index in [0.717, 1.165) is 70.6 Å². The van der Waals surface area contributed by atoms with Gasteiger partial charge in [0.15, 0.2) is 12.6 Å². The first-order valence-corrected chi connectivity index (χ1v) is 22.2. The molecule has 0 aliphatic carbocycles. The molecule has 2 rings (SSSR count). The van der Waals surface area contributed by atoms with E-state index in [1.54, 1.807) is 6.08 Å². The van der Waals surface area contributed by atoms with E-state index in [9.17, 15) is 45.6 Å². The van der Waals surface area contributed by atoms with Crippen molar-refractivity contribution in [3.8, 4) is 0 Å². The molecule has 2 aliphatic heterocycles. The molecule has 0 spiro atoms. The van der Waals surface area contributed by atoms with Crippen LogP contribution in [0.3, 0.4) is 0 Å². The van der Waals surface area contributed by atoms with Crippen LogP contribution in [0.25, 0.3) is 0 Å². The number of hydrogen-bond donors (Lipinski definition) is 9. The number of unbranched alkanes of at least 4 members (excludes halogenated alkanes) is 15. The molecule has 12 unspecified atom stereocenters. The lowest BCUT2D eigenvalue weighted by Crippen LogP contribution is -2.65. The molecular weight excluding hydrogens is 750 g/mol. The lowest BCUT2D eigenvalue weighted by atomic mass is 9.97. The number of aliphatic hydroxyl groups is 8. The van der Waals surface area contributed by atoms with E-state index < -0.39 is 86.8 Å². The molecule has 1 amide bonds. The fourth-order valence-electron chi connectivity index (χ4n) is 7.08. The van der Waals surface area contributed by atoms with Gasteiger partial charge in [-0.25, -0.2) is 0 Å². The van der Waals surface area contributed by atoms with Crippen molar-refractivity contribution in [3.63, 3.8) is 0 Å². The second kappa shape index (κ2) is 32.0. The van der Waals surface area contributed by atoms with Crippen molar-refractivity contribution in [1.29, 1.82) is 0 Å². The zero-order valence-corrected chi connectivity index (χ0v) is 35.3. The summed E-state index contributed by atoms with van der Waals surface area (Å²) in [5.74, 6) is -0.259. The number of carbonyl (C=O) groups is 1. The summed E-state index contributed by atoms with van der Waals surface area (Å²) in [7, 11) is 0. The first-order valence-electron chi connectivity index (χ1n) is 22.2. The minimum absolute atomic E-state index is 0.259. The molecule has 0 radical (unpaired) electrons. The van der Waals surface area contributed by atoms with Gasteiger partial charge in [0, 0.05) is 6.42 Å². The number of carbonyl (C=O) groups excluding carboxylic acids is 1. The molecule has 2 aliphatic rings. The third-order valence-electron chi connectivity index (χ3n) is 10.8. The highest BCUT2D eigenvalue weighted by Crippen LogP contribution is 2.30. The van der Waals surface area contributed by atoms with Crippen LogP contribution in [0.5, 0.6) is 0 Å². The SMILES string of the molecule is CCCCC/C=C\C/C=C\CCCCCCCC(=O)NC(COC1OC(CO)C(OC2OC(CO)C(O)C(O)C2O)C(O)C1O)C(O)/C=C/CCCCCCCCC. The van der Waals surface area contributed by atoms with E-state index in [1.165, 1.54) is 44.9 Å². The highest BCUT2D eigenvalue weighted by atomic mass is 16.7. The molecule has 338 valence electrons. The predicted octanol–water partition coefficient (Wildman–Crippen LogP) is 3.98. The summed E-state index contributed by atoms with van der Waals surface area (Å²) in [6.07, 6.45) is 16.3. The summed E-state index contributed by atoms with van der Waals surface area (Å²) in [5.41, 5.74) is 0. The zero-order chi connectivity index (χ0) is 42.5. The molecule has 0 bridgehead atoms. The Balaban J connectivity index is 1.90. The van der Waals surface area contributed by atoms with Crippen molar-refractivity contribution in [3.05, 3.63) is 36.5 Å². The molecule has 2 fully saturated rings. The number of ether oxygens (including phenoxy) is 4. The largest absolute Gasteiger partial charge is 0.394 e. The van der Waals surface area contributed by atoms with Gasteiger partial charge in [0.25, 0.3) is 0 Å². The number of aliphatic hydroxyl groups excluding tert-OH is 8. The number of allylic oxidation sites excluding steroid dienone is 5. The normalized spacial score (nSPS) is 29.1. The summed E-state index contributed by atoms with van der Waals surface area (Å²) in [6.45, 7) is 2.68. The molecule has 2 saturated heterocycles. The summed E-state index contributed by atoms with van der Waals surface area (Å²) in [6, 6.07) is -0.917. The fraction of sp³-hybridized carbons (Fsp3) is 0.841. The molecule has 14 nitrogen and oxygen atoms in total. The highest BCUT2D eigenvalue weighted by Gasteiger charge is 2.50. The molecule has 12 atom stereocenters. The molecule has 0 saturated carbocycles. The van der Waals surface area contributed by atoms with Crippen LogP contribution in [0.4, 0.5) is 0 Å². The first kappa shape index (κ1) is 52.3. The maximum Gasteiger partial charge on any atom is 0.220 e. The van der Waals surface area contributed by atoms with Crippen molar-refractivity contribution in [2.24, 2.45) is 0 Å². The standard InChI is InChI=1S/C44H79NO13/c1-3-5-7-9-11-13-14-15-16-17-18-20-22-24-26-28-36(49)45-32(33(48)27-25-23-21-19-12-10-8-6-4-2)31-55-43-41(54)39(52)42(35(30-47)57-43)58-44-40(53)38(51)37(50)34(29-46)56-44/h11,13,15-16,25,27,32-35,37-44,46-48,50-54H,3-10,12,14,17-24,26,28-31H2,1-2H3,(H,45,49)/b13-11-,16-15-,27-25+. The molecule has 0 aromatic rings. The van der Waals surface area contributed by atoms with E-state index in [4.69, 9.17) is 18.9 Å². The number of hydrogen-bond acceptors (Lipinski definition) is 13. The lowest BCUT2D eigenvalue weighted by Gasteiger charge is -2.46. The Labute approximate surface area is 347 Å². The van der Waals surface area contributed by atoms with Gasteiger partial charge >= 0.3 is 0 Å². The van der Waals surface area contributed by atoms with Crippen LogP contribution in [0, 0.1) is 0 Å². The van der Waals surface area contributed by atoms with Gasteiger partial charge in [0.1, 0.15) is 48.8 Å². The molecule has 0 aromatic heterocycles. The van der Waals surface area contributed by atoms with Crippen molar-refractivity contribution in [2.45, 2.75) is 216 Å². The summed E-state index contributed by atoms with van der Waals surface area (Å²) >= 11 is 0. The van der Waals surface area contributed by atoms with Crippen LogP contribution in [-0.4, -0.2) is 140 Å². The van der Waals surface area contributed by atoms with E-state index in [2.05, 4.69) is 43.5 Å². The predicted molar refractivity (Wildman–Crippen MR) is 221 cm³/mol. The van der Waals surface area contributed by atoms with Crippen LogP contribution in [0.2, 0.25) is 0 Å². The van der Waals surface area contributed by atoms with Crippen molar-refractivity contribution >= 4 is 5.91 Å². The second-order valence-corrected chi connectivity index (χ2v) is 15.8. The lowest BCUT2D eigenvalue weighted by molar-refractivity contribution is -0.359. The minimum Gasteiger partial charge on any atom is -0.394 e. The Morgan fingerprint density at radius 1 is 0.621 bits per heavy atom. The zero-order valence-electron chi connectivity index (χ0n) is 35.3. The number of amides is 1. The summed E-state index contributed by atoms with van der Waals surface area (Å²) < 4.78 is 22.6. The number of rotatable bonds is 32. The average molecular weight is 830 g/mol. The maximum atomic E-state index is 13.1. The third kappa shape index (κ3) is 20.2. The molecule has 2 heterocycles. The fourth-order valence-corrected chi connectivity index (χ4v) is 7.08. The smallest absolute Gasteiger partial charge is 0.220 e. The minimum atomic E-state index is -1.79. The Morgan fingerprint density at radius 2 is 1.14 bits per heavy atom. The van der Waals surface area contributed by atoms with Crippen molar-refractivity contribution < 1.29 is 64.6 Å². The average Bonchev–Trinajstić information content (AvgIpc) is 3.22. The van der Waals surface area contributed by atoms with Gasteiger partial charge in [-0.1, -0.05) is 121 Å². The van der Waals surface area contributed by atoms with Crippen LogP contribution in [0.15, 0.2) is 36.5 Å². The topological polar surface area (TPSA) is 228 Å².